The van der Waals surface area contributed by atoms with E-state index < -0.39 is 0 Å². The van der Waals surface area contributed by atoms with Crippen LogP contribution in [0, 0.1) is 5.92 Å². The summed E-state index contributed by atoms with van der Waals surface area (Å²) in [4.78, 5) is 12.5. The maximum absolute atomic E-state index is 12.5. The number of rotatable bonds is 7. The topological polar surface area (TPSA) is 47.6 Å². The summed E-state index contributed by atoms with van der Waals surface area (Å²) < 4.78 is 10.6. The van der Waals surface area contributed by atoms with Crippen molar-refractivity contribution in [3.8, 4) is 11.5 Å². The van der Waals surface area contributed by atoms with Crippen LogP contribution in [0.2, 0.25) is 0 Å². The first-order chi connectivity index (χ1) is 10.0. The van der Waals surface area contributed by atoms with Crippen LogP contribution in [0.25, 0.3) is 0 Å². The molecular formula is C17H25NO3. The molecule has 1 aliphatic carbocycles. The molecule has 4 heteroatoms. The summed E-state index contributed by atoms with van der Waals surface area (Å²) in [7, 11) is 3.23. The quantitative estimate of drug-likeness (QED) is 0.840. The molecule has 0 radical (unpaired) electrons. The highest BCUT2D eigenvalue weighted by atomic mass is 16.5. The van der Waals surface area contributed by atoms with E-state index in [0.29, 0.717) is 17.4 Å². The Morgan fingerprint density at radius 1 is 1.24 bits per heavy atom. The molecule has 4 nitrogen and oxygen atoms in total. The average molecular weight is 291 g/mol. The van der Waals surface area contributed by atoms with Crippen molar-refractivity contribution in [3.05, 3.63) is 23.8 Å². The van der Waals surface area contributed by atoms with Crippen molar-refractivity contribution in [2.45, 2.75) is 38.5 Å². The fourth-order valence-electron chi connectivity index (χ4n) is 2.55. The van der Waals surface area contributed by atoms with Gasteiger partial charge < -0.3 is 14.8 Å². The van der Waals surface area contributed by atoms with E-state index in [1.54, 1.807) is 14.2 Å². The minimum Gasteiger partial charge on any atom is -0.493 e. The summed E-state index contributed by atoms with van der Waals surface area (Å²) in [5.74, 6) is 2.10. The van der Waals surface area contributed by atoms with E-state index in [2.05, 4.69) is 19.2 Å². The zero-order valence-electron chi connectivity index (χ0n) is 13.4. The average Bonchev–Trinajstić information content (AvgIpc) is 3.27. The van der Waals surface area contributed by atoms with Gasteiger partial charge in [-0.15, -0.1) is 0 Å². The monoisotopic (exact) mass is 291 g/mol. The molecule has 0 aliphatic heterocycles. The first-order valence-electron chi connectivity index (χ1n) is 7.54. The molecular weight excluding hydrogens is 266 g/mol. The van der Waals surface area contributed by atoms with Crippen LogP contribution in [-0.4, -0.2) is 26.7 Å². The van der Waals surface area contributed by atoms with Gasteiger partial charge in [0.25, 0.3) is 0 Å². The predicted octanol–water partition coefficient (Wildman–Crippen LogP) is 2.90. The number of ether oxygens (including phenoxy) is 2. The number of carbonyl (C=O) groups excluding carboxylic acids is 1. The lowest BCUT2D eigenvalue weighted by Crippen LogP contribution is -2.35. The minimum atomic E-state index is -0.365. The van der Waals surface area contributed by atoms with Crippen molar-refractivity contribution in [2.24, 2.45) is 5.92 Å². The molecule has 0 aromatic heterocycles. The first kappa shape index (κ1) is 15.7. The Morgan fingerprint density at radius 2 is 1.90 bits per heavy atom. The highest BCUT2D eigenvalue weighted by molar-refractivity contribution is 5.91. The van der Waals surface area contributed by atoms with Crippen LogP contribution >= 0.6 is 0 Å². The van der Waals surface area contributed by atoms with Crippen LogP contribution < -0.4 is 14.8 Å². The van der Waals surface area contributed by atoms with E-state index in [9.17, 15) is 4.79 Å². The third-order valence-electron chi connectivity index (χ3n) is 4.13. The molecule has 1 saturated carbocycles. The van der Waals surface area contributed by atoms with Gasteiger partial charge in [0.05, 0.1) is 19.6 Å². The SMILES string of the molecule is COc1ccc(C2(C(=O)NCCC(C)C)CC2)cc1OC. The predicted molar refractivity (Wildman–Crippen MR) is 82.9 cm³/mol. The zero-order valence-corrected chi connectivity index (χ0v) is 13.4. The standard InChI is InChI=1S/C17H25NO3/c1-12(2)7-10-18-16(19)17(8-9-17)13-5-6-14(20-3)15(11-13)21-4/h5-6,11-12H,7-10H2,1-4H3,(H,18,19). The molecule has 1 aromatic carbocycles. The van der Waals surface area contributed by atoms with E-state index in [1.165, 1.54) is 0 Å². The molecule has 0 atom stereocenters. The minimum absolute atomic E-state index is 0.135. The number of carbonyl (C=O) groups is 1. The first-order valence-corrected chi connectivity index (χ1v) is 7.54. The molecule has 0 bridgehead atoms. The lowest BCUT2D eigenvalue weighted by molar-refractivity contribution is -0.123. The van der Waals surface area contributed by atoms with Gasteiger partial charge in [0.15, 0.2) is 11.5 Å². The molecule has 1 aromatic rings. The normalized spacial score (nSPS) is 15.7. The Bertz CT molecular complexity index is 507. The third-order valence-corrected chi connectivity index (χ3v) is 4.13. The molecule has 0 spiro atoms. The zero-order chi connectivity index (χ0) is 15.5. The maximum Gasteiger partial charge on any atom is 0.230 e. The fourth-order valence-corrected chi connectivity index (χ4v) is 2.55. The molecule has 1 aliphatic rings. The summed E-state index contributed by atoms with van der Waals surface area (Å²) in [6.45, 7) is 5.06. The summed E-state index contributed by atoms with van der Waals surface area (Å²) >= 11 is 0. The molecule has 0 saturated heterocycles. The maximum atomic E-state index is 12.5. The number of hydrogen-bond donors (Lipinski definition) is 1. The molecule has 1 N–H and O–H groups in total. The van der Waals surface area contributed by atoms with Gasteiger partial charge in [0, 0.05) is 6.54 Å². The van der Waals surface area contributed by atoms with Crippen LogP contribution in [-0.2, 0) is 10.2 Å². The summed E-state index contributed by atoms with van der Waals surface area (Å²) in [5, 5.41) is 3.07. The van der Waals surface area contributed by atoms with Crippen molar-refractivity contribution in [1.82, 2.24) is 5.32 Å². The largest absolute Gasteiger partial charge is 0.493 e. The highest BCUT2D eigenvalue weighted by Gasteiger charge is 2.51. The Kier molecular flexibility index (Phi) is 4.76. The Balaban J connectivity index is 2.11. The number of methoxy groups -OCH3 is 2. The van der Waals surface area contributed by atoms with Gasteiger partial charge in [-0.2, -0.15) is 0 Å². The Morgan fingerprint density at radius 3 is 2.43 bits per heavy atom. The Labute approximate surface area is 126 Å². The van der Waals surface area contributed by atoms with Gasteiger partial charge >= 0.3 is 0 Å². The van der Waals surface area contributed by atoms with Crippen molar-refractivity contribution >= 4 is 5.91 Å². The number of nitrogens with one attached hydrogen (secondary N) is 1. The fraction of sp³-hybridized carbons (Fsp3) is 0.588. The number of hydrogen-bond acceptors (Lipinski definition) is 3. The molecule has 1 amide bonds. The second-order valence-electron chi connectivity index (χ2n) is 6.09. The van der Waals surface area contributed by atoms with Gasteiger partial charge in [-0.25, -0.2) is 0 Å². The van der Waals surface area contributed by atoms with Crippen LogP contribution in [0.15, 0.2) is 18.2 Å². The lowest BCUT2D eigenvalue weighted by atomic mass is 9.94. The van der Waals surface area contributed by atoms with Gasteiger partial charge in [-0.05, 0) is 42.9 Å². The molecule has 1 fully saturated rings. The van der Waals surface area contributed by atoms with Gasteiger partial charge in [-0.1, -0.05) is 19.9 Å². The van der Waals surface area contributed by atoms with Crippen molar-refractivity contribution in [1.29, 1.82) is 0 Å². The second kappa shape index (κ2) is 6.37. The lowest BCUT2D eigenvalue weighted by Gasteiger charge is -2.18. The molecule has 21 heavy (non-hydrogen) atoms. The summed E-state index contributed by atoms with van der Waals surface area (Å²) in [5.41, 5.74) is 0.651. The molecule has 116 valence electrons. The van der Waals surface area contributed by atoms with Crippen molar-refractivity contribution in [2.75, 3.05) is 20.8 Å². The number of amides is 1. The Hall–Kier alpha value is -1.71. The highest BCUT2D eigenvalue weighted by Crippen LogP contribution is 2.50. The van der Waals surface area contributed by atoms with Crippen LogP contribution in [0.3, 0.4) is 0 Å². The van der Waals surface area contributed by atoms with Crippen molar-refractivity contribution in [3.63, 3.8) is 0 Å². The van der Waals surface area contributed by atoms with Crippen LogP contribution in [0.5, 0.6) is 11.5 Å². The number of benzene rings is 1. The summed E-state index contributed by atoms with van der Waals surface area (Å²) in [6.07, 6.45) is 2.81. The molecule has 0 unspecified atom stereocenters. The van der Waals surface area contributed by atoms with Gasteiger partial charge in [-0.3, -0.25) is 4.79 Å². The summed E-state index contributed by atoms with van der Waals surface area (Å²) in [6, 6.07) is 5.76. The van der Waals surface area contributed by atoms with E-state index in [0.717, 1.165) is 31.4 Å². The van der Waals surface area contributed by atoms with Crippen LogP contribution in [0.4, 0.5) is 0 Å². The van der Waals surface area contributed by atoms with Gasteiger partial charge in [0.2, 0.25) is 5.91 Å². The van der Waals surface area contributed by atoms with E-state index in [1.807, 2.05) is 18.2 Å². The van der Waals surface area contributed by atoms with Crippen molar-refractivity contribution < 1.29 is 14.3 Å². The van der Waals surface area contributed by atoms with E-state index >= 15 is 0 Å². The van der Waals surface area contributed by atoms with E-state index in [4.69, 9.17) is 9.47 Å². The molecule has 2 rings (SSSR count). The van der Waals surface area contributed by atoms with Gasteiger partial charge in [0.1, 0.15) is 0 Å². The molecule has 0 heterocycles. The van der Waals surface area contributed by atoms with Crippen LogP contribution in [0.1, 0.15) is 38.7 Å². The third kappa shape index (κ3) is 3.31. The van der Waals surface area contributed by atoms with E-state index in [-0.39, 0.29) is 11.3 Å². The smallest absolute Gasteiger partial charge is 0.230 e. The second-order valence-corrected chi connectivity index (χ2v) is 6.09.